The van der Waals surface area contributed by atoms with E-state index in [2.05, 4.69) is 10.6 Å². The lowest BCUT2D eigenvalue weighted by molar-refractivity contribution is 0.0530. The van der Waals surface area contributed by atoms with Crippen LogP contribution in [-0.2, 0) is 4.74 Å². The number of hydrogen-bond acceptors (Lipinski definition) is 4. The van der Waals surface area contributed by atoms with Gasteiger partial charge in [-0.05, 0) is 57.9 Å². The summed E-state index contributed by atoms with van der Waals surface area (Å²) in [6.45, 7) is 10.3. The molecule has 0 saturated heterocycles. The monoisotopic (exact) mass is 280 g/mol. The summed E-state index contributed by atoms with van der Waals surface area (Å²) in [7, 11) is 0. The van der Waals surface area contributed by atoms with E-state index < -0.39 is 11.7 Å². The molecule has 0 spiro atoms. The van der Waals surface area contributed by atoms with E-state index in [4.69, 9.17) is 4.74 Å². The van der Waals surface area contributed by atoms with Crippen LogP contribution in [0.3, 0.4) is 0 Å². The van der Waals surface area contributed by atoms with Crippen LogP contribution >= 0.6 is 0 Å². The highest BCUT2D eigenvalue weighted by atomic mass is 16.6. The van der Waals surface area contributed by atoms with Crippen LogP contribution in [0.2, 0.25) is 0 Å². The molecule has 0 unspecified atom stereocenters. The average Bonchev–Trinajstić information content (AvgIpc) is 2.28. The van der Waals surface area contributed by atoms with Crippen molar-refractivity contribution in [3.05, 3.63) is 23.3 Å². The van der Waals surface area contributed by atoms with Crippen molar-refractivity contribution in [3.8, 4) is 5.75 Å². The Morgan fingerprint density at radius 3 is 2.45 bits per heavy atom. The molecule has 0 fully saturated rings. The fourth-order valence-electron chi connectivity index (χ4n) is 1.67. The molecular formula is C15H24N2O3. The number of phenols is 1. The first-order valence-electron chi connectivity index (χ1n) is 6.70. The molecule has 1 aromatic carbocycles. The van der Waals surface area contributed by atoms with Crippen LogP contribution < -0.4 is 10.6 Å². The molecule has 1 amide bonds. The molecule has 1 rings (SSSR count). The summed E-state index contributed by atoms with van der Waals surface area (Å²) < 4.78 is 5.14. The molecule has 0 aliphatic heterocycles. The van der Waals surface area contributed by atoms with Crippen molar-refractivity contribution >= 4 is 11.8 Å². The molecule has 20 heavy (non-hydrogen) atoms. The highest BCUT2D eigenvalue weighted by molar-refractivity contribution is 5.67. The standard InChI is InChI=1S/C15H24N2O3/c1-10-9-13(18)11(2)8-12(10)16-6-7-17-14(19)20-15(3,4)5/h8-9,16,18H,6-7H2,1-5H3,(H,17,19). The normalized spacial score (nSPS) is 11.1. The molecule has 0 aromatic heterocycles. The highest BCUT2D eigenvalue weighted by Gasteiger charge is 2.15. The van der Waals surface area contributed by atoms with Crippen molar-refractivity contribution in [1.82, 2.24) is 5.32 Å². The Hall–Kier alpha value is -1.91. The highest BCUT2D eigenvalue weighted by Crippen LogP contribution is 2.24. The average molecular weight is 280 g/mol. The summed E-state index contributed by atoms with van der Waals surface area (Å²) in [6.07, 6.45) is -0.419. The lowest BCUT2D eigenvalue weighted by Gasteiger charge is -2.20. The number of nitrogens with one attached hydrogen (secondary N) is 2. The second-order valence-corrected chi connectivity index (χ2v) is 5.81. The third-order valence-corrected chi connectivity index (χ3v) is 2.65. The maximum atomic E-state index is 11.4. The molecular weight excluding hydrogens is 256 g/mol. The molecule has 1 aromatic rings. The van der Waals surface area contributed by atoms with Gasteiger partial charge in [0.15, 0.2) is 0 Å². The number of rotatable bonds is 4. The molecule has 0 aliphatic rings. The summed E-state index contributed by atoms with van der Waals surface area (Å²) in [5, 5.41) is 15.5. The maximum absolute atomic E-state index is 11.4. The van der Waals surface area contributed by atoms with E-state index in [-0.39, 0.29) is 0 Å². The van der Waals surface area contributed by atoms with Crippen LogP contribution in [0.15, 0.2) is 12.1 Å². The molecule has 0 saturated carbocycles. The lowest BCUT2D eigenvalue weighted by atomic mass is 10.1. The van der Waals surface area contributed by atoms with Gasteiger partial charge in [0.05, 0.1) is 0 Å². The van der Waals surface area contributed by atoms with E-state index in [0.29, 0.717) is 18.8 Å². The molecule has 0 aliphatic carbocycles. The van der Waals surface area contributed by atoms with Crippen LogP contribution in [0.4, 0.5) is 10.5 Å². The maximum Gasteiger partial charge on any atom is 0.407 e. The second-order valence-electron chi connectivity index (χ2n) is 5.81. The van der Waals surface area contributed by atoms with Gasteiger partial charge in [0.2, 0.25) is 0 Å². The Morgan fingerprint density at radius 2 is 1.85 bits per heavy atom. The second kappa shape index (κ2) is 6.50. The minimum absolute atomic E-state index is 0.292. The van der Waals surface area contributed by atoms with E-state index in [9.17, 15) is 9.90 Å². The molecule has 0 bridgehead atoms. The summed E-state index contributed by atoms with van der Waals surface area (Å²) in [6, 6.07) is 3.61. The zero-order valence-corrected chi connectivity index (χ0v) is 12.8. The predicted octanol–water partition coefficient (Wildman–Crippen LogP) is 2.95. The first kappa shape index (κ1) is 16.1. The largest absolute Gasteiger partial charge is 0.508 e. The van der Waals surface area contributed by atoms with Crippen molar-refractivity contribution in [1.29, 1.82) is 0 Å². The van der Waals surface area contributed by atoms with Crippen molar-refractivity contribution in [2.24, 2.45) is 0 Å². The number of carbonyl (C=O) groups is 1. The SMILES string of the molecule is Cc1cc(NCCNC(=O)OC(C)(C)C)c(C)cc1O. The predicted molar refractivity (Wildman–Crippen MR) is 80.3 cm³/mol. The molecule has 0 atom stereocenters. The summed E-state index contributed by atoms with van der Waals surface area (Å²) >= 11 is 0. The third kappa shape index (κ3) is 5.38. The van der Waals surface area contributed by atoms with Gasteiger partial charge >= 0.3 is 6.09 Å². The molecule has 5 nitrogen and oxygen atoms in total. The Bertz CT molecular complexity index is 479. The minimum Gasteiger partial charge on any atom is -0.508 e. The number of alkyl carbamates (subject to hydrolysis) is 1. The minimum atomic E-state index is -0.484. The summed E-state index contributed by atoms with van der Waals surface area (Å²) in [5.41, 5.74) is 2.25. The smallest absolute Gasteiger partial charge is 0.407 e. The van der Waals surface area contributed by atoms with Gasteiger partial charge in [-0.2, -0.15) is 0 Å². The molecule has 5 heteroatoms. The van der Waals surface area contributed by atoms with Crippen LogP contribution in [0, 0.1) is 13.8 Å². The van der Waals surface area contributed by atoms with Crippen LogP contribution in [0.5, 0.6) is 5.75 Å². The number of aromatic hydroxyl groups is 1. The van der Waals surface area contributed by atoms with Gasteiger partial charge in [0, 0.05) is 18.8 Å². The fourth-order valence-corrected chi connectivity index (χ4v) is 1.67. The zero-order chi connectivity index (χ0) is 15.3. The first-order chi connectivity index (χ1) is 9.19. The van der Waals surface area contributed by atoms with E-state index >= 15 is 0 Å². The van der Waals surface area contributed by atoms with Crippen molar-refractivity contribution < 1.29 is 14.6 Å². The van der Waals surface area contributed by atoms with Gasteiger partial charge in [-0.15, -0.1) is 0 Å². The van der Waals surface area contributed by atoms with Gasteiger partial charge in [-0.3, -0.25) is 0 Å². The van der Waals surface area contributed by atoms with Gasteiger partial charge in [0.25, 0.3) is 0 Å². The van der Waals surface area contributed by atoms with Gasteiger partial charge in [0.1, 0.15) is 11.4 Å². The number of amides is 1. The number of benzene rings is 1. The number of anilines is 1. The Labute approximate surface area is 120 Å². The lowest BCUT2D eigenvalue weighted by Crippen LogP contribution is -2.35. The molecule has 0 radical (unpaired) electrons. The molecule has 3 N–H and O–H groups in total. The zero-order valence-electron chi connectivity index (χ0n) is 12.8. The van der Waals surface area contributed by atoms with Crippen molar-refractivity contribution in [3.63, 3.8) is 0 Å². The number of hydrogen-bond donors (Lipinski definition) is 3. The quantitative estimate of drug-likeness (QED) is 0.586. The number of ether oxygens (including phenoxy) is 1. The first-order valence-corrected chi connectivity index (χ1v) is 6.70. The van der Waals surface area contributed by atoms with E-state index in [1.807, 2.05) is 40.7 Å². The van der Waals surface area contributed by atoms with Crippen LogP contribution in [0.25, 0.3) is 0 Å². The van der Waals surface area contributed by atoms with Crippen molar-refractivity contribution in [2.75, 3.05) is 18.4 Å². The van der Waals surface area contributed by atoms with Crippen molar-refractivity contribution in [2.45, 2.75) is 40.2 Å². The summed E-state index contributed by atoms with van der Waals surface area (Å²) in [4.78, 5) is 11.4. The number of phenolic OH excluding ortho intramolecular Hbond substituents is 1. The Morgan fingerprint density at radius 1 is 1.20 bits per heavy atom. The fraction of sp³-hybridized carbons (Fsp3) is 0.533. The molecule has 0 heterocycles. The van der Waals surface area contributed by atoms with E-state index in [1.165, 1.54) is 0 Å². The Balaban J connectivity index is 2.38. The third-order valence-electron chi connectivity index (χ3n) is 2.65. The Kier molecular flexibility index (Phi) is 5.25. The number of aryl methyl sites for hydroxylation is 2. The van der Waals surface area contributed by atoms with Gasteiger partial charge in [-0.1, -0.05) is 0 Å². The topological polar surface area (TPSA) is 70.6 Å². The van der Waals surface area contributed by atoms with Crippen LogP contribution in [0.1, 0.15) is 31.9 Å². The summed E-state index contributed by atoms with van der Waals surface area (Å²) in [5.74, 6) is 0.292. The molecule has 112 valence electrons. The van der Waals surface area contributed by atoms with Gasteiger partial charge < -0.3 is 20.5 Å². The van der Waals surface area contributed by atoms with Gasteiger partial charge in [-0.25, -0.2) is 4.79 Å². The van der Waals surface area contributed by atoms with E-state index in [0.717, 1.165) is 16.8 Å². The van der Waals surface area contributed by atoms with E-state index in [1.54, 1.807) is 6.07 Å². The van der Waals surface area contributed by atoms with Crippen LogP contribution in [-0.4, -0.2) is 29.9 Å². The number of carbonyl (C=O) groups excluding carboxylic acids is 1.